The van der Waals surface area contributed by atoms with E-state index in [1.807, 2.05) is 0 Å². The Morgan fingerprint density at radius 3 is 2.71 bits per heavy atom. The molecule has 17 heavy (non-hydrogen) atoms. The van der Waals surface area contributed by atoms with Gasteiger partial charge >= 0.3 is 5.97 Å². The van der Waals surface area contributed by atoms with Crippen molar-refractivity contribution in [3.05, 3.63) is 35.8 Å². The first kappa shape index (κ1) is 11.0. The quantitative estimate of drug-likeness (QED) is 0.807. The molecule has 2 aromatic heterocycles. The van der Waals surface area contributed by atoms with E-state index in [4.69, 9.17) is 5.11 Å². The maximum absolute atomic E-state index is 10.8. The van der Waals surface area contributed by atoms with Crippen LogP contribution in [0.2, 0.25) is 0 Å². The molecular weight excluding hydrogens is 222 g/mol. The first-order valence-electron chi connectivity index (χ1n) is 4.81. The van der Waals surface area contributed by atoms with Gasteiger partial charge in [-0.05, 0) is 19.1 Å². The molecular formula is C11H9N3O3. The van der Waals surface area contributed by atoms with E-state index in [9.17, 15) is 9.90 Å². The van der Waals surface area contributed by atoms with Crippen LogP contribution in [0.1, 0.15) is 16.1 Å². The van der Waals surface area contributed by atoms with Crippen LogP contribution in [0.3, 0.4) is 0 Å². The van der Waals surface area contributed by atoms with Gasteiger partial charge in [0.2, 0.25) is 0 Å². The molecule has 0 saturated heterocycles. The molecule has 2 aromatic rings. The van der Waals surface area contributed by atoms with Gasteiger partial charge in [-0.1, -0.05) is 0 Å². The summed E-state index contributed by atoms with van der Waals surface area (Å²) in [6.07, 6.45) is 2.70. The largest absolute Gasteiger partial charge is 0.506 e. The number of pyridine rings is 1. The second-order valence-electron chi connectivity index (χ2n) is 3.37. The summed E-state index contributed by atoms with van der Waals surface area (Å²) >= 11 is 0. The molecule has 0 radical (unpaired) electrons. The van der Waals surface area contributed by atoms with Crippen LogP contribution in [-0.4, -0.2) is 31.1 Å². The number of hydrogen-bond acceptors (Lipinski definition) is 5. The molecule has 0 aliphatic heterocycles. The standard InChI is InChI=1S/C11H9N3O3/c1-6-7(11(16)17)5-13-10(14-6)9-8(15)3-2-4-12-9/h2-5,15H,1H3,(H,16,17). The zero-order valence-electron chi connectivity index (χ0n) is 8.95. The lowest BCUT2D eigenvalue weighted by Crippen LogP contribution is -2.04. The Labute approximate surface area is 96.6 Å². The second kappa shape index (κ2) is 4.17. The van der Waals surface area contributed by atoms with Gasteiger partial charge in [-0.3, -0.25) is 0 Å². The predicted octanol–water partition coefficient (Wildman–Crippen LogP) is 1.25. The highest BCUT2D eigenvalue weighted by Gasteiger charge is 2.13. The van der Waals surface area contributed by atoms with E-state index in [0.29, 0.717) is 5.69 Å². The Morgan fingerprint density at radius 2 is 2.12 bits per heavy atom. The Kier molecular flexibility index (Phi) is 2.70. The van der Waals surface area contributed by atoms with E-state index in [-0.39, 0.29) is 22.8 Å². The van der Waals surface area contributed by atoms with Gasteiger partial charge in [-0.25, -0.2) is 19.7 Å². The number of hydrogen-bond donors (Lipinski definition) is 2. The van der Waals surface area contributed by atoms with Gasteiger partial charge in [0.15, 0.2) is 5.82 Å². The summed E-state index contributed by atoms with van der Waals surface area (Å²) in [5, 5.41) is 18.4. The fourth-order valence-corrected chi connectivity index (χ4v) is 1.36. The summed E-state index contributed by atoms with van der Waals surface area (Å²) in [7, 11) is 0. The molecule has 0 bridgehead atoms. The van der Waals surface area contributed by atoms with E-state index < -0.39 is 5.97 Å². The van der Waals surface area contributed by atoms with E-state index in [0.717, 1.165) is 0 Å². The lowest BCUT2D eigenvalue weighted by atomic mass is 10.2. The van der Waals surface area contributed by atoms with Crippen molar-refractivity contribution in [1.29, 1.82) is 0 Å². The number of rotatable bonds is 2. The van der Waals surface area contributed by atoms with Crippen molar-refractivity contribution in [2.45, 2.75) is 6.92 Å². The summed E-state index contributed by atoms with van der Waals surface area (Å²) < 4.78 is 0. The number of aromatic hydroxyl groups is 1. The third kappa shape index (κ3) is 2.05. The smallest absolute Gasteiger partial charge is 0.339 e. The second-order valence-corrected chi connectivity index (χ2v) is 3.37. The topological polar surface area (TPSA) is 96.2 Å². The minimum Gasteiger partial charge on any atom is -0.506 e. The Bertz CT molecular complexity index is 584. The minimum absolute atomic E-state index is 0.0316. The van der Waals surface area contributed by atoms with Crippen molar-refractivity contribution >= 4 is 5.97 Å². The zero-order valence-corrected chi connectivity index (χ0v) is 8.95. The summed E-state index contributed by atoms with van der Waals surface area (Å²) in [5.74, 6) is -0.931. The first-order valence-corrected chi connectivity index (χ1v) is 4.81. The van der Waals surface area contributed by atoms with E-state index in [2.05, 4.69) is 15.0 Å². The Morgan fingerprint density at radius 1 is 1.35 bits per heavy atom. The van der Waals surface area contributed by atoms with Crippen LogP contribution in [0, 0.1) is 6.92 Å². The molecule has 6 heteroatoms. The fourth-order valence-electron chi connectivity index (χ4n) is 1.36. The van der Waals surface area contributed by atoms with Crippen molar-refractivity contribution < 1.29 is 15.0 Å². The average Bonchev–Trinajstić information content (AvgIpc) is 2.29. The summed E-state index contributed by atoms with van der Waals surface area (Å²) in [6.45, 7) is 1.56. The van der Waals surface area contributed by atoms with Gasteiger partial charge in [0.1, 0.15) is 11.4 Å². The van der Waals surface area contributed by atoms with Crippen molar-refractivity contribution in [3.63, 3.8) is 0 Å². The molecule has 0 unspecified atom stereocenters. The molecule has 0 spiro atoms. The third-order valence-electron chi connectivity index (χ3n) is 2.21. The van der Waals surface area contributed by atoms with Gasteiger partial charge < -0.3 is 10.2 Å². The predicted molar refractivity (Wildman–Crippen MR) is 58.6 cm³/mol. The van der Waals surface area contributed by atoms with Gasteiger partial charge in [-0.15, -0.1) is 0 Å². The van der Waals surface area contributed by atoms with Crippen LogP contribution in [0.5, 0.6) is 5.75 Å². The minimum atomic E-state index is -1.08. The summed E-state index contributed by atoms with van der Waals surface area (Å²) in [4.78, 5) is 22.6. The first-order chi connectivity index (χ1) is 8.09. The van der Waals surface area contributed by atoms with Crippen LogP contribution < -0.4 is 0 Å². The van der Waals surface area contributed by atoms with Crippen molar-refractivity contribution in [2.75, 3.05) is 0 Å². The third-order valence-corrected chi connectivity index (χ3v) is 2.21. The monoisotopic (exact) mass is 231 g/mol. The highest BCUT2D eigenvalue weighted by molar-refractivity contribution is 5.88. The van der Waals surface area contributed by atoms with Crippen molar-refractivity contribution in [3.8, 4) is 17.3 Å². The molecule has 0 atom stereocenters. The van der Waals surface area contributed by atoms with Gasteiger partial charge in [-0.2, -0.15) is 0 Å². The lowest BCUT2D eigenvalue weighted by molar-refractivity contribution is 0.0695. The Balaban J connectivity index is 2.52. The molecule has 0 aliphatic carbocycles. The van der Waals surface area contributed by atoms with Gasteiger partial charge in [0.25, 0.3) is 0 Å². The van der Waals surface area contributed by atoms with Crippen LogP contribution in [0.25, 0.3) is 11.5 Å². The van der Waals surface area contributed by atoms with Gasteiger partial charge in [0, 0.05) is 12.4 Å². The van der Waals surface area contributed by atoms with Gasteiger partial charge in [0.05, 0.1) is 11.3 Å². The summed E-state index contributed by atoms with van der Waals surface area (Å²) in [6, 6.07) is 3.05. The molecule has 0 fully saturated rings. The molecule has 0 aromatic carbocycles. The van der Waals surface area contributed by atoms with E-state index in [1.54, 1.807) is 13.0 Å². The van der Waals surface area contributed by atoms with Crippen LogP contribution in [-0.2, 0) is 0 Å². The average molecular weight is 231 g/mol. The SMILES string of the molecule is Cc1nc(-c2ncccc2O)ncc1C(=O)O. The molecule has 0 amide bonds. The highest BCUT2D eigenvalue weighted by atomic mass is 16.4. The van der Waals surface area contributed by atoms with Crippen molar-refractivity contribution in [1.82, 2.24) is 15.0 Å². The molecule has 6 nitrogen and oxygen atoms in total. The number of aromatic nitrogens is 3. The Hall–Kier alpha value is -2.50. The normalized spacial score (nSPS) is 10.2. The maximum atomic E-state index is 10.8. The molecule has 2 heterocycles. The number of aromatic carboxylic acids is 1. The fraction of sp³-hybridized carbons (Fsp3) is 0.0909. The number of nitrogens with zero attached hydrogens (tertiary/aromatic N) is 3. The van der Waals surface area contributed by atoms with E-state index in [1.165, 1.54) is 18.5 Å². The van der Waals surface area contributed by atoms with Crippen molar-refractivity contribution in [2.24, 2.45) is 0 Å². The summed E-state index contributed by atoms with van der Waals surface area (Å²) in [5.41, 5.74) is 0.587. The molecule has 2 rings (SSSR count). The molecule has 0 aliphatic rings. The number of carboxylic acids is 1. The number of carbonyl (C=O) groups is 1. The molecule has 0 saturated carbocycles. The number of carboxylic acid groups (broad SMARTS) is 1. The van der Waals surface area contributed by atoms with Crippen LogP contribution in [0.15, 0.2) is 24.5 Å². The molecule has 86 valence electrons. The zero-order chi connectivity index (χ0) is 12.4. The lowest BCUT2D eigenvalue weighted by Gasteiger charge is -2.04. The maximum Gasteiger partial charge on any atom is 0.339 e. The number of aryl methyl sites for hydroxylation is 1. The van der Waals surface area contributed by atoms with Crippen LogP contribution >= 0.6 is 0 Å². The molecule has 2 N–H and O–H groups in total. The highest BCUT2D eigenvalue weighted by Crippen LogP contribution is 2.23. The van der Waals surface area contributed by atoms with E-state index >= 15 is 0 Å². The van der Waals surface area contributed by atoms with Crippen LogP contribution in [0.4, 0.5) is 0 Å².